The zero-order valence-corrected chi connectivity index (χ0v) is 52.4. The van der Waals surface area contributed by atoms with Crippen molar-refractivity contribution in [2.75, 3.05) is 99.2 Å². The lowest BCUT2D eigenvalue weighted by molar-refractivity contribution is -0.123. The average Bonchev–Trinajstić information content (AvgIpc) is 3.41. The van der Waals surface area contributed by atoms with E-state index in [0.717, 1.165) is 142 Å². The van der Waals surface area contributed by atoms with Gasteiger partial charge in [0.2, 0.25) is 5.91 Å². The van der Waals surface area contributed by atoms with Gasteiger partial charge in [0.1, 0.15) is 24.4 Å². The van der Waals surface area contributed by atoms with E-state index in [1.165, 1.54) is 122 Å². The highest BCUT2D eigenvalue weighted by molar-refractivity contribution is 5.76. The van der Waals surface area contributed by atoms with Gasteiger partial charge in [-0.05, 0) is 170 Å². The highest BCUT2D eigenvalue weighted by Crippen LogP contribution is 2.16. The molecule has 0 saturated heterocycles. The molecular formula is C63H127N9O7. The summed E-state index contributed by atoms with van der Waals surface area (Å²) >= 11 is 0. The number of alkyl carbamates (subject to hydrolysis) is 3. The van der Waals surface area contributed by atoms with E-state index < -0.39 is 29.9 Å². The highest BCUT2D eigenvalue weighted by Gasteiger charge is 2.27. The third kappa shape index (κ3) is 56.5. The molecule has 0 fully saturated rings. The summed E-state index contributed by atoms with van der Waals surface area (Å²) < 4.78 is 17.2. The number of carbonyl (C=O) groups is 4. The van der Waals surface area contributed by atoms with Crippen LogP contribution in [0.2, 0.25) is 0 Å². The van der Waals surface area contributed by atoms with Gasteiger partial charge in [-0.25, -0.2) is 14.4 Å². The average molecular weight is 1120 g/mol. The molecule has 0 aromatic rings. The molecule has 0 aromatic carbocycles. The zero-order valence-electron chi connectivity index (χ0n) is 52.4. The summed E-state index contributed by atoms with van der Waals surface area (Å²) in [6.07, 6.45) is 40.3. The minimum Gasteiger partial charge on any atom is -0.447 e. The molecule has 0 unspecified atom stereocenters. The number of nitrogens with one attached hydrogen (secondary N) is 6. The Bertz CT molecular complexity index is 1420. The van der Waals surface area contributed by atoms with Crippen molar-refractivity contribution < 1.29 is 33.4 Å². The van der Waals surface area contributed by atoms with Crippen LogP contribution in [0.25, 0.3) is 0 Å². The molecule has 0 aliphatic carbocycles. The number of ether oxygens (including phenoxy) is 3. The van der Waals surface area contributed by atoms with E-state index in [1.54, 1.807) is 0 Å². The van der Waals surface area contributed by atoms with Crippen molar-refractivity contribution >= 4 is 24.2 Å². The standard InChI is InChI=1S/C63H127N9O7/c1-8-10-12-14-16-18-20-22-24-26-28-30-32-42-58(78-61(75)68-50-40-54-71(6)52-36-37-53-72(7)55-41-51-69-62(76)79-63(3,4)5)57(56-77-60(74)67-49-39-48-66-46-35-34-45-65-47-38-44-64)70-59(73)43-33-31-29-27-25-23-21-19-17-15-13-11-9-2/h32,42,57-58,65-66H,8-31,33-41,43-56,64H2,1-7H3,(H,67,74)(H,68,75)(H,69,76)(H,70,73)/b42-32+/t57-,58+/m0/s1. The molecule has 0 rings (SSSR count). The summed E-state index contributed by atoms with van der Waals surface area (Å²) in [6, 6.07) is -0.759. The quantitative estimate of drug-likeness (QED) is 0.0173. The summed E-state index contributed by atoms with van der Waals surface area (Å²) in [7, 11) is 4.21. The third-order valence-corrected chi connectivity index (χ3v) is 14.2. The molecule has 0 saturated carbocycles. The van der Waals surface area contributed by atoms with Crippen molar-refractivity contribution in [1.29, 1.82) is 0 Å². The Morgan fingerprint density at radius 2 is 0.899 bits per heavy atom. The van der Waals surface area contributed by atoms with E-state index in [2.05, 4.69) is 75.7 Å². The van der Waals surface area contributed by atoms with Crippen LogP contribution < -0.4 is 37.6 Å². The van der Waals surface area contributed by atoms with Crippen LogP contribution in [0.15, 0.2) is 12.2 Å². The predicted molar refractivity (Wildman–Crippen MR) is 331 cm³/mol. The minimum atomic E-state index is -0.835. The first-order valence-corrected chi connectivity index (χ1v) is 32.6. The second kappa shape index (κ2) is 56.7. The number of allylic oxidation sites excluding steroid dienone is 1. The Labute approximate surface area is 485 Å². The summed E-state index contributed by atoms with van der Waals surface area (Å²) in [6.45, 7) is 19.4. The molecule has 0 bridgehead atoms. The Hall–Kier alpha value is -3.18. The maximum atomic E-state index is 13.6. The van der Waals surface area contributed by atoms with Crippen LogP contribution in [-0.2, 0) is 19.0 Å². The molecular weight excluding hydrogens is 995 g/mol. The van der Waals surface area contributed by atoms with E-state index in [4.69, 9.17) is 19.9 Å². The van der Waals surface area contributed by atoms with E-state index >= 15 is 0 Å². The zero-order chi connectivity index (χ0) is 58.1. The first-order valence-electron chi connectivity index (χ1n) is 32.6. The molecule has 0 aromatic heterocycles. The van der Waals surface area contributed by atoms with E-state index in [9.17, 15) is 19.2 Å². The molecule has 0 aliphatic rings. The van der Waals surface area contributed by atoms with Crippen LogP contribution in [0.1, 0.15) is 253 Å². The molecule has 16 nitrogen and oxygen atoms in total. The largest absolute Gasteiger partial charge is 0.447 e. The molecule has 0 aliphatic heterocycles. The molecule has 4 amide bonds. The lowest BCUT2D eigenvalue weighted by Gasteiger charge is -2.26. The second-order valence-electron chi connectivity index (χ2n) is 23.4. The molecule has 16 heteroatoms. The molecule has 0 heterocycles. The monoisotopic (exact) mass is 1120 g/mol. The Kier molecular flexibility index (Phi) is 54.4. The maximum Gasteiger partial charge on any atom is 0.407 e. The van der Waals surface area contributed by atoms with E-state index in [1.807, 2.05) is 26.8 Å². The SMILES string of the molecule is CCCCCCCCCCCCC/C=C/[C@@H](OC(=O)NCCCN(C)CCCCN(C)CCCNC(=O)OC(C)(C)C)[C@H](COC(=O)NCCCNCCCCNCCCN)NC(=O)CCCCCCCCCCCCCCC. The lowest BCUT2D eigenvalue weighted by Crippen LogP contribution is -2.49. The van der Waals surface area contributed by atoms with Crippen LogP contribution in [0, 0.1) is 0 Å². The van der Waals surface area contributed by atoms with Crippen molar-refractivity contribution in [3.8, 4) is 0 Å². The van der Waals surface area contributed by atoms with E-state index in [-0.39, 0.29) is 18.6 Å². The summed E-state index contributed by atoms with van der Waals surface area (Å²) in [5, 5.41) is 18.6. The van der Waals surface area contributed by atoms with E-state index in [0.29, 0.717) is 32.6 Å². The highest BCUT2D eigenvalue weighted by atomic mass is 16.6. The Balaban J connectivity index is 5.43. The van der Waals surface area contributed by atoms with Gasteiger partial charge in [-0.1, -0.05) is 161 Å². The predicted octanol–water partition coefficient (Wildman–Crippen LogP) is 12.7. The number of hydrogen-bond acceptors (Lipinski definition) is 12. The fraction of sp³-hybridized carbons (Fsp3) is 0.905. The lowest BCUT2D eigenvalue weighted by atomic mass is 10.0. The molecule has 0 spiro atoms. The fourth-order valence-electron chi connectivity index (χ4n) is 9.36. The van der Waals surface area contributed by atoms with Crippen LogP contribution in [0.3, 0.4) is 0 Å². The number of carbonyl (C=O) groups excluding carboxylic acids is 4. The number of nitrogens with two attached hydrogens (primary N) is 1. The normalized spacial score (nSPS) is 12.5. The Morgan fingerprint density at radius 3 is 1.39 bits per heavy atom. The van der Waals surface area contributed by atoms with Gasteiger partial charge in [0, 0.05) is 26.1 Å². The minimum absolute atomic E-state index is 0.135. The van der Waals surface area contributed by atoms with Gasteiger partial charge in [0.25, 0.3) is 0 Å². The van der Waals surface area contributed by atoms with Gasteiger partial charge in [-0.15, -0.1) is 0 Å². The Morgan fingerprint density at radius 1 is 0.481 bits per heavy atom. The molecule has 0 radical (unpaired) electrons. The van der Waals surface area contributed by atoms with Crippen molar-refractivity contribution in [1.82, 2.24) is 41.7 Å². The number of nitrogens with zero attached hydrogens (tertiary/aromatic N) is 2. The topological polar surface area (TPSA) is 201 Å². The number of rotatable bonds is 57. The van der Waals surface area contributed by atoms with Gasteiger partial charge >= 0.3 is 18.3 Å². The number of amides is 4. The van der Waals surface area contributed by atoms with Crippen LogP contribution >= 0.6 is 0 Å². The van der Waals surface area contributed by atoms with Gasteiger partial charge in [-0.3, -0.25) is 4.79 Å². The molecule has 2 atom stereocenters. The van der Waals surface area contributed by atoms with Crippen molar-refractivity contribution in [3.05, 3.63) is 12.2 Å². The van der Waals surface area contributed by atoms with Crippen LogP contribution in [0.5, 0.6) is 0 Å². The van der Waals surface area contributed by atoms with Gasteiger partial charge in [0.05, 0.1) is 0 Å². The summed E-state index contributed by atoms with van der Waals surface area (Å²) in [5.74, 6) is -0.135. The maximum absolute atomic E-state index is 13.6. The van der Waals surface area contributed by atoms with Crippen LogP contribution in [-0.4, -0.2) is 151 Å². The van der Waals surface area contributed by atoms with Gasteiger partial charge in [-0.2, -0.15) is 0 Å². The smallest absolute Gasteiger partial charge is 0.407 e. The van der Waals surface area contributed by atoms with Crippen LogP contribution in [0.4, 0.5) is 14.4 Å². The third-order valence-electron chi connectivity index (χ3n) is 14.2. The molecule has 79 heavy (non-hydrogen) atoms. The first kappa shape index (κ1) is 75.8. The summed E-state index contributed by atoms with van der Waals surface area (Å²) in [5.41, 5.74) is 5.07. The van der Waals surface area contributed by atoms with Crippen molar-refractivity contribution in [2.24, 2.45) is 5.73 Å². The molecule has 8 N–H and O–H groups in total. The number of unbranched alkanes of at least 4 members (excludes halogenated alkanes) is 25. The number of hydrogen-bond donors (Lipinski definition) is 7. The second-order valence-corrected chi connectivity index (χ2v) is 23.4. The van der Waals surface area contributed by atoms with Crippen molar-refractivity contribution in [2.45, 2.75) is 271 Å². The first-order chi connectivity index (χ1) is 38.3. The summed E-state index contributed by atoms with van der Waals surface area (Å²) in [4.78, 5) is 56.6. The fourth-order valence-corrected chi connectivity index (χ4v) is 9.36. The van der Waals surface area contributed by atoms with Gasteiger partial charge < -0.3 is 61.6 Å². The molecule has 466 valence electrons. The van der Waals surface area contributed by atoms with Gasteiger partial charge in [0.15, 0.2) is 0 Å². The van der Waals surface area contributed by atoms with Crippen molar-refractivity contribution in [3.63, 3.8) is 0 Å².